The lowest BCUT2D eigenvalue weighted by atomic mass is 9.98. The maximum absolute atomic E-state index is 9.18. The molecule has 3 heteroatoms. The van der Waals surface area contributed by atoms with E-state index in [1.807, 2.05) is 0 Å². The quantitative estimate of drug-likeness (QED) is 0.628. The Balaban J connectivity index is 2.43. The third kappa shape index (κ3) is 2.38. The first kappa shape index (κ1) is 9.34. The first-order valence-electron chi connectivity index (χ1n) is 4.58. The van der Waals surface area contributed by atoms with Gasteiger partial charge >= 0.3 is 0 Å². The smallest absolute Gasteiger partial charge is 0.179 e. The molecule has 2 atom stereocenters. The Morgan fingerprint density at radius 3 is 3.00 bits per heavy atom. The Bertz CT molecular complexity index is 174. The van der Waals surface area contributed by atoms with Gasteiger partial charge in [-0.25, -0.2) is 0 Å². The number of likely N-dealkylation sites (tertiary alicyclic amines) is 1. The Kier molecular flexibility index (Phi) is 3.36. The number of nitriles is 1. The van der Waals surface area contributed by atoms with E-state index in [9.17, 15) is 5.11 Å². The molecule has 1 saturated heterocycles. The highest BCUT2D eigenvalue weighted by Gasteiger charge is 2.22. The third-order valence-electron chi connectivity index (χ3n) is 2.37. The number of piperidine rings is 1. The molecule has 0 bridgehead atoms. The average molecular weight is 168 g/mol. The van der Waals surface area contributed by atoms with Gasteiger partial charge in [0, 0.05) is 12.6 Å². The highest BCUT2D eigenvalue weighted by atomic mass is 16.3. The Hall–Kier alpha value is -0.750. The fourth-order valence-corrected chi connectivity index (χ4v) is 1.77. The lowest BCUT2D eigenvalue weighted by Crippen LogP contribution is -2.37. The number of nitrogens with zero attached hydrogens (tertiary/aromatic N) is 2. The normalized spacial score (nSPS) is 26.4. The zero-order valence-electron chi connectivity index (χ0n) is 7.53. The maximum Gasteiger partial charge on any atom is 0.179 e. The predicted molar refractivity (Wildman–Crippen MR) is 46.3 cm³/mol. The minimum absolute atomic E-state index is 0.281. The molecule has 0 aromatic carbocycles. The van der Waals surface area contributed by atoms with Crippen molar-refractivity contribution in [3.8, 4) is 6.19 Å². The lowest BCUT2D eigenvalue weighted by molar-refractivity contribution is 0.121. The molecule has 12 heavy (non-hydrogen) atoms. The summed E-state index contributed by atoms with van der Waals surface area (Å²) in [7, 11) is 0. The molecule has 1 N–H and O–H groups in total. The maximum atomic E-state index is 9.18. The molecular weight excluding hydrogens is 152 g/mol. The van der Waals surface area contributed by atoms with Crippen LogP contribution in [0.3, 0.4) is 0 Å². The number of rotatable bonds is 2. The molecule has 1 rings (SSSR count). The Morgan fingerprint density at radius 1 is 1.67 bits per heavy atom. The summed E-state index contributed by atoms with van der Waals surface area (Å²) < 4.78 is 0. The fourth-order valence-electron chi connectivity index (χ4n) is 1.77. The highest BCUT2D eigenvalue weighted by molar-refractivity contribution is 4.86. The largest absolute Gasteiger partial charge is 0.393 e. The van der Waals surface area contributed by atoms with Crippen LogP contribution in [0.1, 0.15) is 32.6 Å². The van der Waals surface area contributed by atoms with Gasteiger partial charge in [-0.2, -0.15) is 5.26 Å². The van der Waals surface area contributed by atoms with Crippen LogP contribution in [-0.4, -0.2) is 28.7 Å². The van der Waals surface area contributed by atoms with E-state index in [1.54, 1.807) is 11.8 Å². The van der Waals surface area contributed by atoms with Crippen LogP contribution in [0.4, 0.5) is 0 Å². The Labute approximate surface area is 73.6 Å². The van der Waals surface area contributed by atoms with Gasteiger partial charge in [0.05, 0.1) is 6.10 Å². The molecule has 0 amide bonds. The topological polar surface area (TPSA) is 47.3 Å². The van der Waals surface area contributed by atoms with E-state index < -0.39 is 0 Å². The molecule has 0 saturated carbocycles. The third-order valence-corrected chi connectivity index (χ3v) is 2.37. The van der Waals surface area contributed by atoms with Gasteiger partial charge in [0.2, 0.25) is 0 Å². The number of aliphatic hydroxyl groups is 1. The summed E-state index contributed by atoms with van der Waals surface area (Å²) in [4.78, 5) is 1.80. The molecule has 0 aliphatic carbocycles. The zero-order chi connectivity index (χ0) is 8.97. The summed E-state index contributed by atoms with van der Waals surface area (Å²) in [6, 6.07) is 0.281. The standard InChI is InChI=1S/C9H16N2O/c1-8(12)6-9-4-2-3-5-11(9)7-10/h8-9,12H,2-6H2,1H3. The summed E-state index contributed by atoms with van der Waals surface area (Å²) in [5, 5.41) is 18.0. The number of hydrogen-bond donors (Lipinski definition) is 1. The summed E-state index contributed by atoms with van der Waals surface area (Å²) in [6.07, 6.45) is 5.98. The van der Waals surface area contributed by atoms with Crippen molar-refractivity contribution in [3.05, 3.63) is 0 Å². The van der Waals surface area contributed by atoms with E-state index >= 15 is 0 Å². The molecule has 68 valence electrons. The molecule has 0 aromatic heterocycles. The van der Waals surface area contributed by atoms with E-state index in [0.717, 1.165) is 25.8 Å². The van der Waals surface area contributed by atoms with E-state index in [1.165, 1.54) is 6.42 Å². The lowest BCUT2D eigenvalue weighted by Gasteiger charge is -2.31. The fraction of sp³-hybridized carbons (Fsp3) is 0.889. The molecule has 0 radical (unpaired) electrons. The van der Waals surface area contributed by atoms with Crippen molar-refractivity contribution in [2.75, 3.05) is 6.54 Å². The van der Waals surface area contributed by atoms with Crippen molar-refractivity contribution in [1.82, 2.24) is 4.90 Å². The van der Waals surface area contributed by atoms with Crippen molar-refractivity contribution >= 4 is 0 Å². The van der Waals surface area contributed by atoms with Crippen molar-refractivity contribution in [1.29, 1.82) is 5.26 Å². The minimum atomic E-state index is -0.288. The molecule has 1 aliphatic heterocycles. The van der Waals surface area contributed by atoms with E-state index in [0.29, 0.717) is 0 Å². The molecule has 0 aromatic rings. The van der Waals surface area contributed by atoms with Gasteiger partial charge in [0.25, 0.3) is 0 Å². The van der Waals surface area contributed by atoms with Crippen LogP contribution >= 0.6 is 0 Å². The molecule has 0 spiro atoms. The van der Waals surface area contributed by atoms with Gasteiger partial charge < -0.3 is 10.0 Å². The molecule has 2 unspecified atom stereocenters. The first-order valence-corrected chi connectivity index (χ1v) is 4.58. The monoisotopic (exact) mass is 168 g/mol. The minimum Gasteiger partial charge on any atom is -0.393 e. The Morgan fingerprint density at radius 2 is 2.42 bits per heavy atom. The SMILES string of the molecule is CC(O)CC1CCCCN1C#N. The van der Waals surface area contributed by atoms with Crippen LogP contribution in [0, 0.1) is 11.5 Å². The number of aliphatic hydroxyl groups excluding tert-OH is 1. The van der Waals surface area contributed by atoms with Crippen LogP contribution in [0.2, 0.25) is 0 Å². The van der Waals surface area contributed by atoms with Gasteiger partial charge in [-0.3, -0.25) is 0 Å². The second kappa shape index (κ2) is 4.32. The second-order valence-corrected chi connectivity index (χ2v) is 3.53. The molecule has 1 aliphatic rings. The van der Waals surface area contributed by atoms with E-state index in [4.69, 9.17) is 5.26 Å². The van der Waals surface area contributed by atoms with Crippen LogP contribution in [0.25, 0.3) is 0 Å². The van der Waals surface area contributed by atoms with Gasteiger partial charge in [-0.15, -0.1) is 0 Å². The van der Waals surface area contributed by atoms with Gasteiger partial charge in [0.1, 0.15) is 0 Å². The average Bonchev–Trinajstić information content (AvgIpc) is 2.04. The summed E-state index contributed by atoms with van der Waals surface area (Å²) >= 11 is 0. The van der Waals surface area contributed by atoms with Crippen LogP contribution < -0.4 is 0 Å². The predicted octanol–water partition coefficient (Wildman–Crippen LogP) is 1.09. The van der Waals surface area contributed by atoms with Crippen molar-refractivity contribution < 1.29 is 5.11 Å². The summed E-state index contributed by atoms with van der Waals surface area (Å²) in [5.41, 5.74) is 0. The molecule has 1 fully saturated rings. The molecule has 1 heterocycles. The van der Waals surface area contributed by atoms with Crippen LogP contribution in [0.5, 0.6) is 0 Å². The summed E-state index contributed by atoms with van der Waals surface area (Å²) in [6.45, 7) is 2.65. The van der Waals surface area contributed by atoms with E-state index in [2.05, 4.69) is 6.19 Å². The number of hydrogen-bond acceptors (Lipinski definition) is 3. The van der Waals surface area contributed by atoms with Gasteiger partial charge in [0.15, 0.2) is 6.19 Å². The van der Waals surface area contributed by atoms with Crippen molar-refractivity contribution in [3.63, 3.8) is 0 Å². The van der Waals surface area contributed by atoms with Crippen LogP contribution in [-0.2, 0) is 0 Å². The van der Waals surface area contributed by atoms with Crippen LogP contribution in [0.15, 0.2) is 0 Å². The molecule has 3 nitrogen and oxygen atoms in total. The summed E-state index contributed by atoms with van der Waals surface area (Å²) in [5.74, 6) is 0. The second-order valence-electron chi connectivity index (χ2n) is 3.53. The van der Waals surface area contributed by atoms with Gasteiger partial charge in [-0.1, -0.05) is 0 Å². The van der Waals surface area contributed by atoms with Crippen molar-refractivity contribution in [2.24, 2.45) is 0 Å². The van der Waals surface area contributed by atoms with E-state index in [-0.39, 0.29) is 12.1 Å². The highest BCUT2D eigenvalue weighted by Crippen LogP contribution is 2.19. The zero-order valence-corrected chi connectivity index (χ0v) is 7.53. The first-order chi connectivity index (χ1) is 5.74. The van der Waals surface area contributed by atoms with Gasteiger partial charge in [-0.05, 0) is 32.6 Å². The molecular formula is C9H16N2O. The van der Waals surface area contributed by atoms with Crippen molar-refractivity contribution in [2.45, 2.75) is 44.8 Å².